The van der Waals surface area contributed by atoms with Crippen molar-refractivity contribution in [1.82, 2.24) is 15.5 Å². The first-order valence-corrected chi connectivity index (χ1v) is 10.7. The normalized spacial score (nSPS) is 11.9. The number of carbonyl (C=O) groups is 3. The Morgan fingerprint density at radius 3 is 2.45 bits per heavy atom. The van der Waals surface area contributed by atoms with Crippen LogP contribution in [0, 0.1) is 13.8 Å². The molecule has 0 aromatic heterocycles. The van der Waals surface area contributed by atoms with Crippen molar-refractivity contribution in [3.05, 3.63) is 47.5 Å². The molecule has 0 aliphatic rings. The number of rotatable bonds is 10. The fourth-order valence-electron chi connectivity index (χ4n) is 3.04. The van der Waals surface area contributed by atoms with Crippen LogP contribution in [0.25, 0.3) is 0 Å². The van der Waals surface area contributed by atoms with Crippen LogP contribution in [0.3, 0.4) is 0 Å². The monoisotopic (exact) mass is 431 g/mol. The van der Waals surface area contributed by atoms with Gasteiger partial charge < -0.3 is 20.3 Å². The van der Waals surface area contributed by atoms with Gasteiger partial charge in [-0.25, -0.2) is 4.79 Å². The summed E-state index contributed by atoms with van der Waals surface area (Å²) >= 11 is 0. The Labute approximate surface area is 186 Å². The molecule has 2 N–H and O–H groups in total. The SMILES string of the molecule is C=CCN(C(=O)CNC(=O)OC(C)(C)C)C(C(=O)NCCCC)c1cc(C)ccc1C. The molecule has 3 amide bonds. The second kappa shape index (κ2) is 12.1. The first kappa shape index (κ1) is 26.2. The summed E-state index contributed by atoms with van der Waals surface area (Å²) in [5.41, 5.74) is 1.98. The lowest BCUT2D eigenvalue weighted by Gasteiger charge is -2.32. The molecule has 1 unspecified atom stereocenters. The molecule has 0 saturated heterocycles. The highest BCUT2D eigenvalue weighted by molar-refractivity contribution is 5.90. The van der Waals surface area contributed by atoms with Crippen LogP contribution in [0.2, 0.25) is 0 Å². The maximum atomic E-state index is 13.2. The molecule has 0 aliphatic heterocycles. The summed E-state index contributed by atoms with van der Waals surface area (Å²) < 4.78 is 5.20. The fraction of sp³-hybridized carbons (Fsp3) is 0.542. The zero-order valence-electron chi connectivity index (χ0n) is 19.7. The minimum Gasteiger partial charge on any atom is -0.444 e. The van der Waals surface area contributed by atoms with E-state index in [-0.39, 0.29) is 19.0 Å². The van der Waals surface area contributed by atoms with Crippen molar-refractivity contribution in [3.63, 3.8) is 0 Å². The van der Waals surface area contributed by atoms with Gasteiger partial charge >= 0.3 is 6.09 Å². The van der Waals surface area contributed by atoms with Crippen LogP contribution in [0.4, 0.5) is 4.79 Å². The third-order valence-electron chi connectivity index (χ3n) is 4.55. The molecule has 0 fully saturated rings. The predicted molar refractivity (Wildman–Crippen MR) is 123 cm³/mol. The molecule has 172 valence electrons. The molecule has 1 rings (SSSR count). The molecule has 0 heterocycles. The van der Waals surface area contributed by atoms with Crippen molar-refractivity contribution in [3.8, 4) is 0 Å². The molecule has 7 nitrogen and oxygen atoms in total. The van der Waals surface area contributed by atoms with E-state index in [1.165, 1.54) is 4.90 Å². The Hall–Kier alpha value is -2.83. The van der Waals surface area contributed by atoms with Crippen molar-refractivity contribution in [2.24, 2.45) is 0 Å². The number of unbranched alkanes of at least 4 members (excludes halogenated alkanes) is 1. The van der Waals surface area contributed by atoms with Gasteiger partial charge in [0.2, 0.25) is 11.8 Å². The highest BCUT2D eigenvalue weighted by Crippen LogP contribution is 2.26. The lowest BCUT2D eigenvalue weighted by atomic mass is 9.96. The highest BCUT2D eigenvalue weighted by Gasteiger charge is 2.32. The maximum absolute atomic E-state index is 13.2. The van der Waals surface area contributed by atoms with E-state index in [2.05, 4.69) is 17.2 Å². The van der Waals surface area contributed by atoms with E-state index in [0.717, 1.165) is 29.5 Å². The van der Waals surface area contributed by atoms with Crippen molar-refractivity contribution in [1.29, 1.82) is 0 Å². The molecule has 7 heteroatoms. The minimum atomic E-state index is -0.831. The van der Waals surface area contributed by atoms with E-state index < -0.39 is 23.6 Å². The quantitative estimate of drug-likeness (QED) is 0.436. The van der Waals surface area contributed by atoms with Gasteiger partial charge in [0.15, 0.2) is 0 Å². The average Bonchev–Trinajstić information content (AvgIpc) is 2.67. The number of hydrogen-bond donors (Lipinski definition) is 2. The van der Waals surface area contributed by atoms with Crippen molar-refractivity contribution < 1.29 is 19.1 Å². The Kier molecular flexibility index (Phi) is 10.3. The minimum absolute atomic E-state index is 0.161. The molecule has 0 saturated carbocycles. The number of carbonyl (C=O) groups excluding carboxylic acids is 3. The summed E-state index contributed by atoms with van der Waals surface area (Å²) in [5, 5.41) is 5.42. The molecular weight excluding hydrogens is 394 g/mol. The first-order valence-electron chi connectivity index (χ1n) is 10.7. The largest absolute Gasteiger partial charge is 0.444 e. The molecule has 1 atom stereocenters. The van der Waals surface area contributed by atoms with Gasteiger partial charge in [0.05, 0.1) is 0 Å². The van der Waals surface area contributed by atoms with Crippen LogP contribution in [-0.4, -0.2) is 48.0 Å². The molecule has 1 aromatic carbocycles. The zero-order chi connectivity index (χ0) is 23.6. The van der Waals surface area contributed by atoms with Crippen LogP contribution in [0.15, 0.2) is 30.9 Å². The van der Waals surface area contributed by atoms with Crippen molar-refractivity contribution in [2.75, 3.05) is 19.6 Å². The summed E-state index contributed by atoms with van der Waals surface area (Å²) in [6.45, 7) is 15.3. The van der Waals surface area contributed by atoms with Crippen molar-refractivity contribution in [2.45, 2.75) is 66.0 Å². The lowest BCUT2D eigenvalue weighted by Crippen LogP contribution is -2.48. The van der Waals surface area contributed by atoms with Gasteiger partial charge in [-0.05, 0) is 52.2 Å². The second-order valence-electron chi connectivity index (χ2n) is 8.60. The van der Waals surface area contributed by atoms with Crippen LogP contribution >= 0.6 is 0 Å². The number of ether oxygens (including phenoxy) is 1. The first-order chi connectivity index (χ1) is 14.5. The van der Waals surface area contributed by atoms with Crippen molar-refractivity contribution >= 4 is 17.9 Å². The van der Waals surface area contributed by atoms with Gasteiger partial charge in [-0.3, -0.25) is 9.59 Å². The molecule has 0 aliphatic carbocycles. The van der Waals surface area contributed by atoms with Crippen LogP contribution in [0.1, 0.15) is 63.3 Å². The van der Waals surface area contributed by atoms with Crippen LogP contribution in [-0.2, 0) is 14.3 Å². The molecule has 0 radical (unpaired) electrons. The second-order valence-corrected chi connectivity index (χ2v) is 8.60. The predicted octanol–water partition coefficient (Wildman–Crippen LogP) is 3.80. The zero-order valence-corrected chi connectivity index (χ0v) is 19.7. The molecule has 1 aromatic rings. The summed E-state index contributed by atoms with van der Waals surface area (Å²) in [6, 6.07) is 4.99. The Morgan fingerprint density at radius 1 is 1.19 bits per heavy atom. The summed E-state index contributed by atoms with van der Waals surface area (Å²) in [4.78, 5) is 39.7. The fourth-order valence-corrected chi connectivity index (χ4v) is 3.04. The van der Waals surface area contributed by atoms with Gasteiger partial charge in [0.1, 0.15) is 18.2 Å². The highest BCUT2D eigenvalue weighted by atomic mass is 16.6. The smallest absolute Gasteiger partial charge is 0.408 e. The molecule has 0 spiro atoms. The van der Waals surface area contributed by atoms with Gasteiger partial charge in [0, 0.05) is 13.1 Å². The number of amides is 3. The third-order valence-corrected chi connectivity index (χ3v) is 4.55. The lowest BCUT2D eigenvalue weighted by molar-refractivity contribution is -0.139. The number of hydrogen-bond acceptors (Lipinski definition) is 4. The Morgan fingerprint density at radius 2 is 1.87 bits per heavy atom. The maximum Gasteiger partial charge on any atom is 0.408 e. The van der Waals surface area contributed by atoms with E-state index in [1.807, 2.05) is 39.0 Å². The Balaban J connectivity index is 3.18. The van der Waals surface area contributed by atoms with E-state index >= 15 is 0 Å². The number of benzene rings is 1. The van der Waals surface area contributed by atoms with E-state index in [0.29, 0.717) is 6.54 Å². The molecule has 31 heavy (non-hydrogen) atoms. The van der Waals surface area contributed by atoms with E-state index in [4.69, 9.17) is 4.74 Å². The summed E-state index contributed by atoms with van der Waals surface area (Å²) in [7, 11) is 0. The Bertz CT molecular complexity index is 784. The van der Waals surface area contributed by atoms with Crippen LogP contribution in [0.5, 0.6) is 0 Å². The molecular formula is C24H37N3O4. The number of alkyl carbamates (subject to hydrolysis) is 1. The summed E-state index contributed by atoms with van der Waals surface area (Å²) in [5.74, 6) is -0.656. The van der Waals surface area contributed by atoms with E-state index in [9.17, 15) is 14.4 Å². The third kappa shape index (κ3) is 8.82. The van der Waals surface area contributed by atoms with E-state index in [1.54, 1.807) is 26.8 Å². The van der Waals surface area contributed by atoms with Crippen LogP contribution < -0.4 is 10.6 Å². The average molecular weight is 432 g/mol. The topological polar surface area (TPSA) is 87.7 Å². The number of aryl methyl sites for hydroxylation is 2. The number of nitrogens with one attached hydrogen (secondary N) is 2. The van der Waals surface area contributed by atoms with Gasteiger partial charge in [-0.15, -0.1) is 6.58 Å². The van der Waals surface area contributed by atoms with Gasteiger partial charge in [-0.2, -0.15) is 0 Å². The standard InChI is InChI=1S/C24H37N3O4/c1-8-10-13-25-22(29)21(19-15-17(3)11-12-18(19)4)27(14-9-2)20(28)16-26-23(30)31-24(5,6)7/h9,11-12,15,21H,2,8,10,13-14,16H2,1,3-7H3,(H,25,29)(H,26,30). The number of nitrogens with zero attached hydrogens (tertiary/aromatic N) is 1. The summed E-state index contributed by atoms with van der Waals surface area (Å²) in [6.07, 6.45) is 2.68. The van der Waals surface area contributed by atoms with Gasteiger partial charge in [-0.1, -0.05) is 43.2 Å². The van der Waals surface area contributed by atoms with Gasteiger partial charge in [0.25, 0.3) is 0 Å². The molecule has 0 bridgehead atoms.